The average Bonchev–Trinajstić information content (AvgIpc) is 2.17. The molecule has 0 aliphatic rings. The molecule has 0 bridgehead atoms. The summed E-state index contributed by atoms with van der Waals surface area (Å²) in [7, 11) is 0. The lowest BCUT2D eigenvalue weighted by molar-refractivity contribution is 0.146. The maximum atomic E-state index is 12.4. The Bertz CT molecular complexity index is 315. The number of nitrogens with zero attached hydrogens (tertiary/aromatic N) is 2. The van der Waals surface area contributed by atoms with E-state index in [-0.39, 0.29) is 17.3 Å². The van der Waals surface area contributed by atoms with Gasteiger partial charge in [-0.3, -0.25) is 0 Å². The van der Waals surface area contributed by atoms with Crippen molar-refractivity contribution in [3.05, 3.63) is 17.7 Å². The molecule has 0 spiro atoms. The molecule has 0 saturated carbocycles. The van der Waals surface area contributed by atoms with Gasteiger partial charge in [0.2, 0.25) is 0 Å². The summed E-state index contributed by atoms with van der Waals surface area (Å²) in [6, 6.07) is 0. The molecule has 0 aliphatic carbocycles. The van der Waals surface area contributed by atoms with Crippen LogP contribution in [0.3, 0.4) is 0 Å². The fourth-order valence-corrected chi connectivity index (χ4v) is 1.01. The lowest BCUT2D eigenvalue weighted by Crippen LogP contribution is -2.06. The molecule has 0 fully saturated rings. The van der Waals surface area contributed by atoms with Crippen LogP contribution in [-0.2, 0) is 0 Å². The van der Waals surface area contributed by atoms with Gasteiger partial charge in [0.15, 0.2) is 0 Å². The van der Waals surface area contributed by atoms with Crippen LogP contribution in [0.25, 0.3) is 0 Å². The first-order chi connectivity index (χ1) is 6.56. The third-order valence-corrected chi connectivity index (χ3v) is 2.13. The summed E-state index contributed by atoms with van der Waals surface area (Å²) in [5.74, 6) is 0.505. The van der Waals surface area contributed by atoms with E-state index < -0.39 is 6.43 Å². The molecule has 78 valence electrons. The molecule has 1 aromatic rings. The number of alkyl halides is 2. The first-order valence-corrected chi connectivity index (χ1v) is 4.46. The van der Waals surface area contributed by atoms with Crippen LogP contribution in [-0.4, -0.2) is 9.97 Å². The first-order valence-electron chi connectivity index (χ1n) is 4.46. The van der Waals surface area contributed by atoms with Gasteiger partial charge in [-0.25, -0.2) is 18.7 Å². The van der Waals surface area contributed by atoms with E-state index in [2.05, 4.69) is 9.97 Å². The Labute approximate surface area is 81.4 Å². The molecule has 1 unspecified atom stereocenters. The fourth-order valence-electron chi connectivity index (χ4n) is 1.01. The van der Waals surface area contributed by atoms with Gasteiger partial charge in [-0.2, -0.15) is 0 Å². The molecule has 0 aliphatic heterocycles. The van der Waals surface area contributed by atoms with Gasteiger partial charge in [-0.1, -0.05) is 13.8 Å². The number of nitrogen functional groups attached to an aromatic ring is 1. The maximum Gasteiger partial charge on any atom is 0.282 e. The van der Waals surface area contributed by atoms with Crippen LogP contribution in [0.15, 0.2) is 6.20 Å². The highest BCUT2D eigenvalue weighted by Gasteiger charge is 2.16. The second-order valence-electron chi connectivity index (χ2n) is 3.18. The minimum atomic E-state index is -2.64. The number of rotatable bonds is 3. The summed E-state index contributed by atoms with van der Waals surface area (Å²) in [6.07, 6.45) is -0.580. The zero-order valence-electron chi connectivity index (χ0n) is 8.17. The predicted octanol–water partition coefficient (Wildman–Crippen LogP) is 2.51. The van der Waals surface area contributed by atoms with Crippen molar-refractivity contribution >= 4 is 5.69 Å². The van der Waals surface area contributed by atoms with E-state index in [9.17, 15) is 8.78 Å². The number of hydrogen-bond donors (Lipinski definition) is 1. The van der Waals surface area contributed by atoms with Crippen LogP contribution in [0.2, 0.25) is 0 Å². The average molecular weight is 201 g/mol. The molecule has 1 aromatic heterocycles. The maximum absolute atomic E-state index is 12.4. The molecular formula is C9H13F2N3. The van der Waals surface area contributed by atoms with Gasteiger partial charge in [-0.05, 0) is 6.42 Å². The van der Waals surface area contributed by atoms with Crippen LogP contribution in [0.5, 0.6) is 0 Å². The highest BCUT2D eigenvalue weighted by Crippen LogP contribution is 2.24. The van der Waals surface area contributed by atoms with Crippen molar-refractivity contribution in [1.29, 1.82) is 0 Å². The van der Waals surface area contributed by atoms with E-state index in [4.69, 9.17) is 5.73 Å². The SMILES string of the molecule is CCC(C)c1ncc(N)c(C(F)F)n1. The van der Waals surface area contributed by atoms with Crippen molar-refractivity contribution in [3.8, 4) is 0 Å². The number of halogens is 2. The molecule has 3 nitrogen and oxygen atoms in total. The van der Waals surface area contributed by atoms with Crippen LogP contribution in [0.4, 0.5) is 14.5 Å². The Morgan fingerprint density at radius 1 is 1.50 bits per heavy atom. The molecule has 0 saturated heterocycles. The van der Waals surface area contributed by atoms with Gasteiger partial charge >= 0.3 is 0 Å². The Balaban J connectivity index is 3.06. The molecule has 1 heterocycles. The number of anilines is 1. The molecular weight excluding hydrogens is 188 g/mol. The normalized spacial score (nSPS) is 13.2. The number of aromatic nitrogens is 2. The second kappa shape index (κ2) is 4.30. The highest BCUT2D eigenvalue weighted by molar-refractivity contribution is 5.41. The smallest absolute Gasteiger partial charge is 0.282 e. The lowest BCUT2D eigenvalue weighted by atomic mass is 10.1. The van der Waals surface area contributed by atoms with Gasteiger partial charge < -0.3 is 5.73 Å². The van der Waals surface area contributed by atoms with Gasteiger partial charge in [0.25, 0.3) is 6.43 Å². The van der Waals surface area contributed by atoms with Gasteiger partial charge in [0.05, 0.1) is 11.9 Å². The summed E-state index contributed by atoms with van der Waals surface area (Å²) in [5.41, 5.74) is 4.91. The molecule has 1 atom stereocenters. The van der Waals surface area contributed by atoms with Crippen LogP contribution in [0, 0.1) is 0 Å². The Kier molecular flexibility index (Phi) is 3.33. The topological polar surface area (TPSA) is 51.8 Å². The van der Waals surface area contributed by atoms with Crippen LogP contribution in [0.1, 0.15) is 44.1 Å². The van der Waals surface area contributed by atoms with E-state index in [0.717, 1.165) is 6.42 Å². The van der Waals surface area contributed by atoms with Crippen molar-refractivity contribution in [2.24, 2.45) is 0 Å². The van der Waals surface area contributed by atoms with Gasteiger partial charge in [-0.15, -0.1) is 0 Å². The monoisotopic (exact) mass is 201 g/mol. The van der Waals surface area contributed by atoms with Crippen molar-refractivity contribution in [2.45, 2.75) is 32.6 Å². The van der Waals surface area contributed by atoms with Gasteiger partial charge in [0.1, 0.15) is 11.5 Å². The molecule has 2 N–H and O–H groups in total. The Morgan fingerprint density at radius 3 is 2.64 bits per heavy atom. The lowest BCUT2D eigenvalue weighted by Gasteiger charge is -2.09. The molecule has 1 rings (SSSR count). The third-order valence-electron chi connectivity index (χ3n) is 2.13. The molecule has 0 aromatic carbocycles. The summed E-state index contributed by atoms with van der Waals surface area (Å²) < 4.78 is 24.8. The molecule has 5 heteroatoms. The third kappa shape index (κ3) is 2.16. The zero-order chi connectivity index (χ0) is 10.7. The molecule has 0 radical (unpaired) electrons. The zero-order valence-corrected chi connectivity index (χ0v) is 8.17. The predicted molar refractivity (Wildman–Crippen MR) is 50.1 cm³/mol. The molecule has 0 amide bonds. The van der Waals surface area contributed by atoms with Crippen molar-refractivity contribution in [1.82, 2.24) is 9.97 Å². The Hall–Kier alpha value is -1.26. The van der Waals surface area contributed by atoms with E-state index in [0.29, 0.717) is 5.82 Å². The van der Waals surface area contributed by atoms with Crippen molar-refractivity contribution in [2.75, 3.05) is 5.73 Å². The minimum absolute atomic E-state index is 0.0490. The summed E-state index contributed by atoms with van der Waals surface area (Å²) in [6.45, 7) is 3.84. The fraction of sp³-hybridized carbons (Fsp3) is 0.556. The second-order valence-corrected chi connectivity index (χ2v) is 3.18. The van der Waals surface area contributed by atoms with Gasteiger partial charge in [0, 0.05) is 5.92 Å². The van der Waals surface area contributed by atoms with E-state index in [1.807, 2.05) is 13.8 Å². The van der Waals surface area contributed by atoms with Crippen LogP contribution < -0.4 is 5.73 Å². The highest BCUT2D eigenvalue weighted by atomic mass is 19.3. The number of hydrogen-bond acceptors (Lipinski definition) is 3. The first kappa shape index (κ1) is 10.8. The van der Waals surface area contributed by atoms with Crippen LogP contribution >= 0.6 is 0 Å². The summed E-state index contributed by atoms with van der Waals surface area (Å²) in [5, 5.41) is 0. The quantitative estimate of drug-likeness (QED) is 0.817. The minimum Gasteiger partial charge on any atom is -0.396 e. The summed E-state index contributed by atoms with van der Waals surface area (Å²) in [4.78, 5) is 7.68. The Morgan fingerprint density at radius 2 is 2.14 bits per heavy atom. The number of nitrogens with two attached hydrogens (primary N) is 1. The van der Waals surface area contributed by atoms with Crippen molar-refractivity contribution in [3.63, 3.8) is 0 Å². The van der Waals surface area contributed by atoms with E-state index in [1.54, 1.807) is 0 Å². The standard InChI is InChI=1S/C9H13F2N3/c1-3-5(2)9-13-4-6(12)7(14-9)8(10)11/h4-5,8H,3,12H2,1-2H3. The van der Waals surface area contributed by atoms with E-state index >= 15 is 0 Å². The van der Waals surface area contributed by atoms with E-state index in [1.165, 1.54) is 6.20 Å². The molecule has 14 heavy (non-hydrogen) atoms. The summed E-state index contributed by atoms with van der Waals surface area (Å²) >= 11 is 0. The van der Waals surface area contributed by atoms with Crippen molar-refractivity contribution < 1.29 is 8.78 Å². The largest absolute Gasteiger partial charge is 0.396 e.